The first-order chi connectivity index (χ1) is 29.0. The van der Waals surface area contributed by atoms with Crippen molar-refractivity contribution in [2.45, 2.75) is 140 Å². The Bertz CT molecular complexity index is 1400. The van der Waals surface area contributed by atoms with Gasteiger partial charge in [0.1, 0.15) is 36.5 Å². The van der Waals surface area contributed by atoms with Gasteiger partial charge in [-0.25, -0.2) is 0 Å². The van der Waals surface area contributed by atoms with Crippen LogP contribution in [0.1, 0.15) is 97.3 Å². The normalized spacial score (nSPS) is 14.9. The summed E-state index contributed by atoms with van der Waals surface area (Å²) in [6, 6.07) is -8.60. The number of rotatable bonds is 35. The lowest BCUT2D eigenvalue weighted by Crippen LogP contribution is -2.60. The first kappa shape index (κ1) is 56.0. The van der Waals surface area contributed by atoms with Crippen LogP contribution in [0, 0.1) is 5.92 Å². The Labute approximate surface area is 358 Å². The Morgan fingerprint density at radius 2 is 1.03 bits per heavy atom. The number of nitrogens with two attached hydrogens (primary N) is 6. The minimum absolute atomic E-state index is 0.0293. The van der Waals surface area contributed by atoms with Gasteiger partial charge in [-0.3, -0.25) is 38.6 Å². The number of hydrogen-bond acceptors (Lipinski definition) is 14. The van der Waals surface area contributed by atoms with Gasteiger partial charge in [0.2, 0.25) is 41.4 Å². The van der Waals surface area contributed by atoms with Crippen LogP contribution in [0.5, 0.6) is 0 Å². The van der Waals surface area contributed by atoms with Crippen molar-refractivity contribution in [1.82, 2.24) is 37.2 Å². The number of aldehydes is 1. The third-order valence-corrected chi connectivity index (χ3v) is 9.83. The average Bonchev–Trinajstić information content (AvgIpc) is 3.22. The van der Waals surface area contributed by atoms with Gasteiger partial charge in [-0.05, 0) is 103 Å². The molecule has 23 nitrogen and oxygen atoms in total. The quantitative estimate of drug-likeness (QED) is 0.0123. The Balaban J connectivity index is 6.40. The van der Waals surface area contributed by atoms with Crippen LogP contribution in [-0.2, 0) is 38.4 Å². The number of carbonyl (C=O) groups excluding carboxylic acids is 8. The van der Waals surface area contributed by atoms with E-state index in [-0.39, 0.29) is 50.5 Å². The smallest absolute Gasteiger partial charge is 0.245 e. The highest BCUT2D eigenvalue weighted by Crippen LogP contribution is 2.10. The van der Waals surface area contributed by atoms with E-state index in [4.69, 9.17) is 34.4 Å². The number of aliphatic imine (C=N–C) groups is 1. The maximum absolute atomic E-state index is 13.8. The van der Waals surface area contributed by atoms with Crippen molar-refractivity contribution in [2.75, 3.05) is 39.8 Å². The highest BCUT2D eigenvalue weighted by molar-refractivity contribution is 5.97. The van der Waals surface area contributed by atoms with Gasteiger partial charge in [-0.2, -0.15) is 0 Å². The SMILES string of the molecule is CC[C@H](C)[C@H](N)C(=O)N[C@@H](CCCCN)C(=O)N[C@@H](CCCN=C(N)N)C(=O)N[C@@H](CO)C(=O)N[C@@H](CCCCNC)C(=O)N[C@@H](CCCCN)C(=O)N[C@H](C=O)CC(N)=O. The molecule has 0 aromatic rings. The highest BCUT2D eigenvalue weighted by Gasteiger charge is 2.33. The van der Waals surface area contributed by atoms with Crippen LogP contribution >= 0.6 is 0 Å². The van der Waals surface area contributed by atoms with Gasteiger partial charge in [-0.15, -0.1) is 0 Å². The summed E-state index contributed by atoms with van der Waals surface area (Å²) in [6.45, 7) is 4.09. The number of amides is 7. The molecule has 0 saturated heterocycles. The second-order valence-corrected chi connectivity index (χ2v) is 14.9. The maximum atomic E-state index is 13.8. The number of primary amides is 1. The fourth-order valence-electron chi connectivity index (χ4n) is 5.91. The number of nitrogens with zero attached hydrogens (tertiary/aromatic N) is 1. The molecule has 0 aliphatic heterocycles. The van der Waals surface area contributed by atoms with Crippen LogP contribution in [-0.4, -0.2) is 141 Å². The lowest BCUT2D eigenvalue weighted by atomic mass is 9.98. The summed E-state index contributed by atoms with van der Waals surface area (Å²) < 4.78 is 0. The molecule has 0 saturated carbocycles. The number of aliphatic hydroxyl groups excluding tert-OH is 1. The molecule has 0 heterocycles. The van der Waals surface area contributed by atoms with Crippen molar-refractivity contribution >= 4 is 53.6 Å². The van der Waals surface area contributed by atoms with Crippen molar-refractivity contribution in [2.24, 2.45) is 45.3 Å². The molecule has 0 fully saturated rings. The number of aliphatic hydroxyl groups is 1. The molecular formula is C38H74N14O9. The van der Waals surface area contributed by atoms with Gasteiger partial charge in [0.25, 0.3) is 0 Å². The number of unbranched alkanes of at least 4 members (excludes halogenated alkanes) is 3. The van der Waals surface area contributed by atoms with Gasteiger partial charge in [0, 0.05) is 6.54 Å². The van der Waals surface area contributed by atoms with Crippen LogP contribution in [0.2, 0.25) is 0 Å². The number of nitrogens with one attached hydrogen (secondary N) is 7. The van der Waals surface area contributed by atoms with Gasteiger partial charge >= 0.3 is 0 Å². The third kappa shape index (κ3) is 24.2. The van der Waals surface area contributed by atoms with E-state index in [0.29, 0.717) is 70.9 Å². The van der Waals surface area contributed by atoms with E-state index in [1.54, 1.807) is 14.0 Å². The number of carbonyl (C=O) groups is 8. The molecule has 0 aromatic carbocycles. The van der Waals surface area contributed by atoms with E-state index in [1.165, 1.54) is 0 Å². The lowest BCUT2D eigenvalue weighted by Gasteiger charge is -2.27. The van der Waals surface area contributed by atoms with Gasteiger partial charge in [0.05, 0.1) is 25.1 Å². The Hall–Kier alpha value is -4.97. The van der Waals surface area contributed by atoms with Crippen LogP contribution in [0.25, 0.3) is 0 Å². The topological polar surface area (TPSA) is 409 Å². The van der Waals surface area contributed by atoms with E-state index in [9.17, 15) is 43.5 Å². The molecule has 0 unspecified atom stereocenters. The fourth-order valence-corrected chi connectivity index (χ4v) is 5.91. The van der Waals surface area contributed by atoms with Crippen molar-refractivity contribution < 1.29 is 43.5 Å². The summed E-state index contributed by atoms with van der Waals surface area (Å²) in [4.78, 5) is 108. The predicted molar refractivity (Wildman–Crippen MR) is 229 cm³/mol. The summed E-state index contributed by atoms with van der Waals surface area (Å²) in [6.07, 6.45) is 4.02. The molecule has 350 valence electrons. The standard InChI is InChI=1S/C38H74N14O9/c1-4-23(2)31(42)37(61)51-27(13-6-9-17-40)34(58)49-28(15-11-19-46-38(43)44)35(59)52-29(22-54)36(60)50-26(14-7-10-18-45-3)33(57)48-25(12-5-8-16-39)32(56)47-24(21-53)20-30(41)55/h21,23-29,31,45,54H,4-20,22,39-40,42H2,1-3H3,(H2,41,55)(H,47,56)(H,48,57)(H,49,58)(H,50,60)(H,51,61)(H,52,59)(H4,43,44,46)/t23-,24-,25-,26-,27-,28-,29-,31-/m0/s1. The van der Waals surface area contributed by atoms with E-state index in [2.05, 4.69) is 42.2 Å². The van der Waals surface area contributed by atoms with Crippen molar-refractivity contribution in [3.63, 3.8) is 0 Å². The van der Waals surface area contributed by atoms with Gasteiger partial charge in [0.15, 0.2) is 5.96 Å². The molecule has 0 spiro atoms. The molecule has 0 rings (SSSR count). The van der Waals surface area contributed by atoms with Crippen LogP contribution in [0.15, 0.2) is 4.99 Å². The number of guanidine groups is 1. The summed E-state index contributed by atoms with van der Waals surface area (Å²) in [7, 11) is 1.74. The Morgan fingerprint density at radius 3 is 1.43 bits per heavy atom. The van der Waals surface area contributed by atoms with Crippen molar-refractivity contribution in [3.8, 4) is 0 Å². The van der Waals surface area contributed by atoms with E-state index < -0.39 is 96.7 Å². The zero-order valence-electron chi connectivity index (χ0n) is 36.0. The molecule has 20 N–H and O–H groups in total. The number of hydrogen-bond donors (Lipinski definition) is 14. The fraction of sp³-hybridized carbons (Fsp3) is 0.763. The Morgan fingerprint density at radius 1 is 0.623 bits per heavy atom. The van der Waals surface area contributed by atoms with Crippen molar-refractivity contribution in [3.05, 3.63) is 0 Å². The zero-order valence-corrected chi connectivity index (χ0v) is 36.0. The first-order valence-electron chi connectivity index (χ1n) is 21.0. The molecule has 7 amide bonds. The molecule has 61 heavy (non-hydrogen) atoms. The molecular weight excluding hydrogens is 797 g/mol. The first-order valence-corrected chi connectivity index (χ1v) is 21.0. The molecule has 0 aliphatic rings. The summed E-state index contributed by atoms with van der Waals surface area (Å²) in [5, 5.41) is 28.6. The van der Waals surface area contributed by atoms with Gasteiger partial charge < -0.3 is 81.5 Å². The van der Waals surface area contributed by atoms with E-state index >= 15 is 0 Å². The third-order valence-electron chi connectivity index (χ3n) is 9.83. The van der Waals surface area contributed by atoms with Crippen LogP contribution < -0.4 is 71.6 Å². The lowest BCUT2D eigenvalue weighted by molar-refractivity contribution is -0.136. The summed E-state index contributed by atoms with van der Waals surface area (Å²) >= 11 is 0. The Kier molecular flexibility index (Phi) is 30.1. The molecule has 0 radical (unpaired) electrons. The molecule has 8 atom stereocenters. The van der Waals surface area contributed by atoms with Crippen LogP contribution in [0.3, 0.4) is 0 Å². The largest absolute Gasteiger partial charge is 0.394 e. The highest BCUT2D eigenvalue weighted by atomic mass is 16.3. The minimum atomic E-state index is -1.61. The van der Waals surface area contributed by atoms with E-state index in [0.717, 1.165) is 0 Å². The zero-order chi connectivity index (χ0) is 46.3. The molecule has 0 aliphatic carbocycles. The second kappa shape index (κ2) is 32.8. The maximum Gasteiger partial charge on any atom is 0.245 e. The average molecular weight is 871 g/mol. The minimum Gasteiger partial charge on any atom is -0.394 e. The van der Waals surface area contributed by atoms with Crippen LogP contribution in [0.4, 0.5) is 0 Å². The summed E-state index contributed by atoms with van der Waals surface area (Å²) in [5.74, 6) is -5.81. The van der Waals surface area contributed by atoms with Gasteiger partial charge in [-0.1, -0.05) is 20.3 Å². The molecule has 0 bridgehead atoms. The van der Waals surface area contributed by atoms with Crippen molar-refractivity contribution in [1.29, 1.82) is 0 Å². The van der Waals surface area contributed by atoms with E-state index in [1.807, 2.05) is 6.92 Å². The monoisotopic (exact) mass is 871 g/mol. The molecule has 23 heteroatoms. The summed E-state index contributed by atoms with van der Waals surface area (Å²) in [5.41, 5.74) is 33.5. The second-order valence-electron chi connectivity index (χ2n) is 14.9. The predicted octanol–water partition coefficient (Wildman–Crippen LogP) is -4.96. The molecule has 0 aromatic heterocycles.